The van der Waals surface area contributed by atoms with E-state index >= 15 is 0 Å². The van der Waals surface area contributed by atoms with Gasteiger partial charge in [0.15, 0.2) is 5.78 Å². The number of ketones is 1. The Morgan fingerprint density at radius 1 is 0.897 bits per heavy atom. The van der Waals surface area contributed by atoms with E-state index in [1.165, 1.54) is 4.90 Å². The highest BCUT2D eigenvalue weighted by molar-refractivity contribution is 6.67. The SMILES string of the molecule is O=C1/C(=C/c2ccccc2)CN(C(=O)OCC(Cl)(Cl)Cl)C/C1=C\c1ccccc1. The number of carbonyl (C=O) groups excluding carboxylic acids is 2. The molecule has 1 aliphatic rings. The van der Waals surface area contributed by atoms with E-state index in [1.54, 1.807) is 12.2 Å². The van der Waals surface area contributed by atoms with Crippen LogP contribution in [0.5, 0.6) is 0 Å². The van der Waals surface area contributed by atoms with Gasteiger partial charge >= 0.3 is 6.09 Å². The summed E-state index contributed by atoms with van der Waals surface area (Å²) in [6, 6.07) is 18.9. The maximum absolute atomic E-state index is 13.0. The van der Waals surface area contributed by atoms with Crippen molar-refractivity contribution in [2.24, 2.45) is 0 Å². The molecule has 0 aliphatic carbocycles. The van der Waals surface area contributed by atoms with Gasteiger partial charge in [0.1, 0.15) is 6.61 Å². The summed E-state index contributed by atoms with van der Waals surface area (Å²) in [6.07, 6.45) is 2.90. The molecule has 0 radical (unpaired) electrons. The second-order valence-electron chi connectivity index (χ2n) is 6.52. The first-order valence-electron chi connectivity index (χ1n) is 8.86. The van der Waals surface area contributed by atoms with Gasteiger partial charge in [-0.1, -0.05) is 95.5 Å². The van der Waals surface area contributed by atoms with Crippen molar-refractivity contribution in [1.29, 1.82) is 0 Å². The lowest BCUT2D eigenvalue weighted by Gasteiger charge is -2.29. The molecular formula is C22H18Cl3NO3. The highest BCUT2D eigenvalue weighted by Crippen LogP contribution is 2.27. The van der Waals surface area contributed by atoms with Crippen LogP contribution >= 0.6 is 34.8 Å². The van der Waals surface area contributed by atoms with E-state index in [2.05, 4.69) is 0 Å². The van der Waals surface area contributed by atoms with Crippen molar-refractivity contribution in [2.45, 2.75) is 3.79 Å². The van der Waals surface area contributed by atoms with E-state index in [-0.39, 0.29) is 25.5 Å². The van der Waals surface area contributed by atoms with Crippen LogP contribution in [0.2, 0.25) is 0 Å². The van der Waals surface area contributed by atoms with Gasteiger partial charge in [-0.3, -0.25) is 9.69 Å². The number of nitrogens with zero attached hydrogens (tertiary/aromatic N) is 1. The van der Waals surface area contributed by atoms with Crippen LogP contribution in [-0.2, 0) is 9.53 Å². The van der Waals surface area contributed by atoms with Gasteiger partial charge in [0.2, 0.25) is 3.79 Å². The molecular weight excluding hydrogens is 433 g/mol. The van der Waals surface area contributed by atoms with Gasteiger partial charge in [-0.25, -0.2) is 4.79 Å². The van der Waals surface area contributed by atoms with Crippen LogP contribution in [0.15, 0.2) is 71.8 Å². The summed E-state index contributed by atoms with van der Waals surface area (Å²) in [5, 5.41) is 0. The zero-order valence-corrected chi connectivity index (χ0v) is 17.6. The van der Waals surface area contributed by atoms with Gasteiger partial charge < -0.3 is 4.74 Å². The van der Waals surface area contributed by atoms with Crippen molar-refractivity contribution < 1.29 is 14.3 Å². The number of alkyl halides is 3. The molecule has 0 N–H and O–H groups in total. The fraction of sp³-hybridized carbons (Fsp3) is 0.182. The van der Waals surface area contributed by atoms with Gasteiger partial charge in [0.05, 0.1) is 13.1 Å². The number of carbonyl (C=O) groups is 2. The van der Waals surface area contributed by atoms with Crippen LogP contribution < -0.4 is 0 Å². The number of piperidine rings is 1. The van der Waals surface area contributed by atoms with Crippen LogP contribution in [0.3, 0.4) is 0 Å². The van der Waals surface area contributed by atoms with Crippen molar-refractivity contribution in [2.75, 3.05) is 19.7 Å². The molecule has 7 heteroatoms. The minimum Gasteiger partial charge on any atom is -0.445 e. The quantitative estimate of drug-likeness (QED) is 0.455. The van der Waals surface area contributed by atoms with Gasteiger partial charge in [-0.15, -0.1) is 0 Å². The molecule has 1 fully saturated rings. The summed E-state index contributed by atoms with van der Waals surface area (Å²) in [4.78, 5) is 27.0. The molecule has 2 aromatic rings. The summed E-state index contributed by atoms with van der Waals surface area (Å²) in [7, 11) is 0. The standard InChI is InChI=1S/C22H18Cl3NO3/c23-22(24,25)15-29-21(28)26-13-18(11-16-7-3-1-4-8-16)20(27)19(14-26)12-17-9-5-2-6-10-17/h1-12H,13-15H2/b18-11+,19-12+. The summed E-state index contributed by atoms with van der Waals surface area (Å²) in [5.41, 5.74) is 2.70. The largest absolute Gasteiger partial charge is 0.445 e. The summed E-state index contributed by atoms with van der Waals surface area (Å²) < 4.78 is 3.40. The first-order chi connectivity index (χ1) is 13.8. The molecule has 2 aromatic carbocycles. The second kappa shape index (κ2) is 9.49. The number of benzene rings is 2. The predicted octanol–water partition coefficient (Wildman–Crippen LogP) is 5.55. The van der Waals surface area contributed by atoms with Gasteiger partial charge in [0.25, 0.3) is 0 Å². The van der Waals surface area contributed by atoms with Crippen LogP contribution in [0.25, 0.3) is 12.2 Å². The normalized spacial score (nSPS) is 17.6. The lowest BCUT2D eigenvalue weighted by Crippen LogP contribution is -2.42. The summed E-state index contributed by atoms with van der Waals surface area (Å²) >= 11 is 17.0. The van der Waals surface area contributed by atoms with E-state index in [0.29, 0.717) is 11.1 Å². The number of likely N-dealkylation sites (tertiary alicyclic amines) is 1. The summed E-state index contributed by atoms with van der Waals surface area (Å²) in [5.74, 6) is -0.108. The molecule has 0 aromatic heterocycles. The van der Waals surface area contributed by atoms with Crippen LogP contribution in [0, 0.1) is 0 Å². The lowest BCUT2D eigenvalue weighted by molar-refractivity contribution is -0.113. The monoisotopic (exact) mass is 449 g/mol. The highest BCUT2D eigenvalue weighted by atomic mass is 35.6. The topological polar surface area (TPSA) is 46.6 Å². The maximum Gasteiger partial charge on any atom is 0.410 e. The minimum absolute atomic E-state index is 0.108. The number of amides is 1. The van der Waals surface area contributed by atoms with E-state index in [4.69, 9.17) is 39.5 Å². The zero-order valence-electron chi connectivity index (χ0n) is 15.4. The molecule has 4 nitrogen and oxygen atoms in total. The minimum atomic E-state index is -1.70. The highest BCUT2D eigenvalue weighted by Gasteiger charge is 2.31. The van der Waals surface area contributed by atoms with E-state index in [9.17, 15) is 9.59 Å². The number of rotatable bonds is 3. The van der Waals surface area contributed by atoms with Crippen LogP contribution in [0.4, 0.5) is 4.79 Å². The Morgan fingerprint density at radius 3 is 1.76 bits per heavy atom. The van der Waals surface area contributed by atoms with E-state index < -0.39 is 9.89 Å². The molecule has 1 heterocycles. The van der Waals surface area contributed by atoms with Crippen LogP contribution in [-0.4, -0.2) is 40.3 Å². The fourth-order valence-corrected chi connectivity index (χ4v) is 3.07. The third-order valence-electron chi connectivity index (χ3n) is 4.20. The molecule has 1 saturated heterocycles. The number of Topliss-reactive ketones (excluding diaryl/α,β-unsaturated/α-hetero) is 1. The number of halogens is 3. The van der Waals surface area contributed by atoms with Crippen molar-refractivity contribution in [1.82, 2.24) is 4.90 Å². The average molecular weight is 451 g/mol. The zero-order chi connectivity index (χ0) is 20.9. The van der Waals surface area contributed by atoms with Crippen molar-refractivity contribution in [3.8, 4) is 0 Å². The average Bonchev–Trinajstić information content (AvgIpc) is 2.70. The predicted molar refractivity (Wildman–Crippen MR) is 117 cm³/mol. The lowest BCUT2D eigenvalue weighted by atomic mass is 9.94. The Labute approximate surface area is 184 Å². The van der Waals surface area contributed by atoms with Gasteiger partial charge in [-0.2, -0.15) is 0 Å². The van der Waals surface area contributed by atoms with E-state index in [1.807, 2.05) is 60.7 Å². The first-order valence-corrected chi connectivity index (χ1v) is 9.99. The summed E-state index contributed by atoms with van der Waals surface area (Å²) in [6.45, 7) is -0.159. The Balaban J connectivity index is 1.90. The molecule has 1 aliphatic heterocycles. The molecule has 150 valence electrons. The van der Waals surface area contributed by atoms with Gasteiger partial charge in [-0.05, 0) is 23.3 Å². The molecule has 0 saturated carbocycles. The Morgan fingerprint density at radius 2 is 1.34 bits per heavy atom. The van der Waals surface area contributed by atoms with Crippen molar-refractivity contribution in [3.05, 3.63) is 82.9 Å². The van der Waals surface area contributed by atoms with Crippen LogP contribution in [0.1, 0.15) is 11.1 Å². The Hall–Kier alpha value is -2.27. The molecule has 1 amide bonds. The second-order valence-corrected chi connectivity index (χ2v) is 9.03. The fourth-order valence-electron chi connectivity index (χ4n) is 2.90. The van der Waals surface area contributed by atoms with Gasteiger partial charge in [0, 0.05) is 11.1 Å². The number of hydrogen-bond acceptors (Lipinski definition) is 3. The Kier molecular flexibility index (Phi) is 7.01. The van der Waals surface area contributed by atoms with Crippen molar-refractivity contribution in [3.63, 3.8) is 0 Å². The Bertz CT molecular complexity index is 873. The third kappa shape index (κ3) is 6.36. The molecule has 0 bridgehead atoms. The molecule has 3 rings (SSSR count). The molecule has 0 unspecified atom stereocenters. The van der Waals surface area contributed by atoms with E-state index in [0.717, 1.165) is 11.1 Å². The molecule has 29 heavy (non-hydrogen) atoms. The number of ether oxygens (including phenoxy) is 1. The first kappa shape index (κ1) is 21.4. The number of hydrogen-bond donors (Lipinski definition) is 0. The smallest absolute Gasteiger partial charge is 0.410 e. The third-order valence-corrected chi connectivity index (χ3v) is 4.53. The van der Waals surface area contributed by atoms with Crippen molar-refractivity contribution >= 4 is 58.8 Å². The maximum atomic E-state index is 13.0. The molecule has 0 atom stereocenters. The molecule has 0 spiro atoms.